The van der Waals surface area contributed by atoms with Gasteiger partial charge in [0.1, 0.15) is 5.75 Å². The summed E-state index contributed by atoms with van der Waals surface area (Å²) in [7, 11) is 3.48. The normalized spacial score (nSPS) is 15.3. The molecule has 0 saturated heterocycles. The van der Waals surface area contributed by atoms with Gasteiger partial charge in [-0.25, -0.2) is 0 Å². The van der Waals surface area contributed by atoms with Crippen molar-refractivity contribution in [3.05, 3.63) is 70.7 Å². The second-order valence-corrected chi connectivity index (χ2v) is 7.32. The fourth-order valence-corrected chi connectivity index (χ4v) is 3.57. The number of halogens is 1. The van der Waals surface area contributed by atoms with E-state index in [1.807, 2.05) is 25.2 Å². The predicted octanol–water partition coefficient (Wildman–Crippen LogP) is 4.19. The van der Waals surface area contributed by atoms with Crippen LogP contribution in [0.4, 0.5) is 5.69 Å². The second kappa shape index (κ2) is 7.96. The Morgan fingerprint density at radius 3 is 2.56 bits per heavy atom. The van der Waals surface area contributed by atoms with Gasteiger partial charge in [-0.1, -0.05) is 22.5 Å². The Hall–Kier alpha value is -2.60. The van der Waals surface area contributed by atoms with E-state index in [9.17, 15) is 9.59 Å². The van der Waals surface area contributed by atoms with E-state index in [-0.39, 0.29) is 17.9 Å². The Bertz CT molecular complexity index is 879. The van der Waals surface area contributed by atoms with E-state index in [1.54, 1.807) is 36.2 Å². The SMILES string of the molecule is C=CC(=O)N(C)c1ccc(C(=O)N(C)C2CCOc3ccc(Br)cc32)cc1. The number of amides is 2. The lowest BCUT2D eigenvalue weighted by molar-refractivity contribution is -0.113. The van der Waals surface area contributed by atoms with Gasteiger partial charge in [-0.15, -0.1) is 0 Å². The molecule has 2 aromatic carbocycles. The molecule has 0 radical (unpaired) electrons. The maximum absolute atomic E-state index is 13.0. The largest absolute Gasteiger partial charge is 0.493 e. The van der Waals surface area contributed by atoms with Gasteiger partial charge in [-0.3, -0.25) is 9.59 Å². The Balaban J connectivity index is 1.81. The molecule has 1 aliphatic rings. The van der Waals surface area contributed by atoms with Gasteiger partial charge >= 0.3 is 0 Å². The van der Waals surface area contributed by atoms with Gasteiger partial charge in [0.05, 0.1) is 12.6 Å². The number of carbonyl (C=O) groups excluding carboxylic acids is 2. The molecule has 0 bridgehead atoms. The van der Waals surface area contributed by atoms with E-state index in [0.29, 0.717) is 17.9 Å². The molecule has 140 valence electrons. The average molecular weight is 429 g/mol. The topological polar surface area (TPSA) is 49.9 Å². The van der Waals surface area contributed by atoms with Gasteiger partial charge < -0.3 is 14.5 Å². The zero-order chi connectivity index (χ0) is 19.6. The highest BCUT2D eigenvalue weighted by Gasteiger charge is 2.28. The van der Waals surface area contributed by atoms with Crippen molar-refractivity contribution in [1.29, 1.82) is 0 Å². The molecule has 0 spiro atoms. The minimum Gasteiger partial charge on any atom is -0.493 e. The van der Waals surface area contributed by atoms with Crippen molar-refractivity contribution in [3.8, 4) is 5.75 Å². The maximum Gasteiger partial charge on any atom is 0.254 e. The predicted molar refractivity (Wildman–Crippen MR) is 109 cm³/mol. The first-order chi connectivity index (χ1) is 12.9. The number of hydrogen-bond donors (Lipinski definition) is 0. The third-order valence-electron chi connectivity index (χ3n) is 4.77. The van der Waals surface area contributed by atoms with Gasteiger partial charge in [0.25, 0.3) is 5.91 Å². The number of benzene rings is 2. The zero-order valence-corrected chi connectivity index (χ0v) is 16.9. The van der Waals surface area contributed by atoms with Crippen LogP contribution in [0.1, 0.15) is 28.4 Å². The van der Waals surface area contributed by atoms with Crippen LogP contribution in [0.2, 0.25) is 0 Å². The molecule has 0 fully saturated rings. The van der Waals surface area contributed by atoms with Crippen LogP contribution in [0.5, 0.6) is 5.75 Å². The van der Waals surface area contributed by atoms with E-state index < -0.39 is 0 Å². The number of nitrogens with zero attached hydrogens (tertiary/aromatic N) is 2. The van der Waals surface area contributed by atoms with Crippen LogP contribution in [0.25, 0.3) is 0 Å². The minimum absolute atomic E-state index is 0.0524. The van der Waals surface area contributed by atoms with Gasteiger partial charge in [0.2, 0.25) is 5.91 Å². The second-order valence-electron chi connectivity index (χ2n) is 6.40. The number of hydrogen-bond acceptors (Lipinski definition) is 3. The monoisotopic (exact) mass is 428 g/mol. The standard InChI is InChI=1S/C21H21BrN2O3/c1-4-20(25)23(2)16-8-5-14(6-9-16)21(26)24(3)18-11-12-27-19-10-7-15(22)13-17(18)19/h4-10,13,18H,1,11-12H2,2-3H3. The van der Waals surface area contributed by atoms with Crippen LogP contribution in [-0.2, 0) is 4.79 Å². The summed E-state index contributed by atoms with van der Waals surface area (Å²) in [6, 6.07) is 12.8. The quantitative estimate of drug-likeness (QED) is 0.685. The number of likely N-dealkylation sites (N-methyl/N-ethyl adjacent to an activating group) is 1. The maximum atomic E-state index is 13.0. The number of carbonyl (C=O) groups is 2. The molecule has 2 aromatic rings. The van der Waals surface area contributed by atoms with Crippen LogP contribution in [0, 0.1) is 0 Å². The summed E-state index contributed by atoms with van der Waals surface area (Å²) in [5.74, 6) is 0.543. The van der Waals surface area contributed by atoms with E-state index in [0.717, 1.165) is 22.2 Å². The Morgan fingerprint density at radius 1 is 1.19 bits per heavy atom. The third kappa shape index (κ3) is 3.90. The molecule has 0 aromatic heterocycles. The Labute approximate surface area is 167 Å². The molecule has 1 atom stereocenters. The molecular weight excluding hydrogens is 408 g/mol. The summed E-state index contributed by atoms with van der Waals surface area (Å²) in [6.07, 6.45) is 1.99. The van der Waals surface area contributed by atoms with Crippen molar-refractivity contribution in [2.24, 2.45) is 0 Å². The first-order valence-corrected chi connectivity index (χ1v) is 9.41. The number of anilines is 1. The number of ether oxygens (including phenoxy) is 1. The van der Waals surface area contributed by atoms with Crippen molar-refractivity contribution in [1.82, 2.24) is 4.90 Å². The third-order valence-corrected chi connectivity index (χ3v) is 5.27. The first kappa shape index (κ1) is 19.2. The van der Waals surface area contributed by atoms with E-state index in [1.165, 1.54) is 11.0 Å². The van der Waals surface area contributed by atoms with Crippen LogP contribution < -0.4 is 9.64 Å². The molecule has 3 rings (SSSR count). The van der Waals surface area contributed by atoms with Crippen LogP contribution in [0.3, 0.4) is 0 Å². The molecule has 6 heteroatoms. The molecular formula is C21H21BrN2O3. The molecule has 2 amide bonds. The van der Waals surface area contributed by atoms with E-state index >= 15 is 0 Å². The lowest BCUT2D eigenvalue weighted by atomic mass is 9.98. The first-order valence-electron chi connectivity index (χ1n) is 8.62. The molecule has 0 aliphatic carbocycles. The summed E-state index contributed by atoms with van der Waals surface area (Å²) in [6.45, 7) is 4.06. The van der Waals surface area contributed by atoms with Crippen molar-refractivity contribution >= 4 is 33.4 Å². The van der Waals surface area contributed by atoms with Crippen LogP contribution >= 0.6 is 15.9 Å². The molecule has 27 heavy (non-hydrogen) atoms. The van der Waals surface area contributed by atoms with E-state index in [4.69, 9.17) is 4.74 Å². The zero-order valence-electron chi connectivity index (χ0n) is 15.3. The van der Waals surface area contributed by atoms with Crippen molar-refractivity contribution in [2.75, 3.05) is 25.6 Å². The lowest BCUT2D eigenvalue weighted by Crippen LogP contribution is -2.34. The molecule has 5 nitrogen and oxygen atoms in total. The highest BCUT2D eigenvalue weighted by molar-refractivity contribution is 9.10. The minimum atomic E-state index is -0.199. The summed E-state index contributed by atoms with van der Waals surface area (Å²) >= 11 is 3.49. The molecule has 0 saturated carbocycles. The van der Waals surface area contributed by atoms with Crippen molar-refractivity contribution in [2.45, 2.75) is 12.5 Å². The molecule has 1 heterocycles. The molecule has 1 unspecified atom stereocenters. The van der Waals surface area contributed by atoms with Gasteiger partial charge in [0.15, 0.2) is 0 Å². The average Bonchev–Trinajstić information content (AvgIpc) is 2.71. The fraction of sp³-hybridized carbons (Fsp3) is 0.238. The summed E-state index contributed by atoms with van der Waals surface area (Å²) in [4.78, 5) is 27.9. The molecule has 0 N–H and O–H groups in total. The highest BCUT2D eigenvalue weighted by atomic mass is 79.9. The Kier molecular flexibility index (Phi) is 5.65. The number of fused-ring (bicyclic) bond motifs is 1. The lowest BCUT2D eigenvalue weighted by Gasteiger charge is -2.33. The summed E-state index contributed by atoms with van der Waals surface area (Å²) in [5, 5.41) is 0. The highest BCUT2D eigenvalue weighted by Crippen LogP contribution is 2.37. The van der Waals surface area contributed by atoms with Crippen LogP contribution in [-0.4, -0.2) is 37.4 Å². The van der Waals surface area contributed by atoms with E-state index in [2.05, 4.69) is 22.5 Å². The van der Waals surface area contributed by atoms with Crippen LogP contribution in [0.15, 0.2) is 59.6 Å². The molecule has 1 aliphatic heterocycles. The summed E-state index contributed by atoms with van der Waals surface area (Å²) < 4.78 is 6.67. The smallest absolute Gasteiger partial charge is 0.254 e. The van der Waals surface area contributed by atoms with Gasteiger partial charge in [-0.05, 0) is 48.5 Å². The number of rotatable bonds is 4. The van der Waals surface area contributed by atoms with Crippen molar-refractivity contribution in [3.63, 3.8) is 0 Å². The van der Waals surface area contributed by atoms with Gasteiger partial charge in [-0.2, -0.15) is 0 Å². The summed E-state index contributed by atoms with van der Waals surface area (Å²) in [5.41, 5.74) is 2.28. The fourth-order valence-electron chi connectivity index (χ4n) is 3.19. The van der Waals surface area contributed by atoms with Gasteiger partial charge in [0, 0.05) is 41.8 Å². The van der Waals surface area contributed by atoms with Crippen molar-refractivity contribution < 1.29 is 14.3 Å². The Morgan fingerprint density at radius 2 is 1.89 bits per heavy atom.